The molecule has 1 aromatic heterocycles. The molecule has 8 heteroatoms. The monoisotopic (exact) mass is 367 g/mol. The molecule has 2 aliphatic rings. The van der Waals surface area contributed by atoms with Crippen molar-refractivity contribution in [2.45, 2.75) is 24.7 Å². The number of carbonyl (C=O) groups is 2. The molecule has 1 saturated heterocycles. The third kappa shape index (κ3) is 2.65. The van der Waals surface area contributed by atoms with Crippen molar-refractivity contribution in [3.63, 3.8) is 0 Å². The first-order valence-electron chi connectivity index (χ1n) is 8.48. The van der Waals surface area contributed by atoms with Crippen molar-refractivity contribution in [1.82, 2.24) is 14.5 Å². The summed E-state index contributed by atoms with van der Waals surface area (Å²) in [7, 11) is 0. The van der Waals surface area contributed by atoms with E-state index in [1.807, 2.05) is 24.3 Å². The maximum atomic E-state index is 12.7. The Balaban J connectivity index is 1.60. The normalized spacial score (nSPS) is 18.5. The van der Waals surface area contributed by atoms with Crippen molar-refractivity contribution in [3.8, 4) is 6.07 Å². The van der Waals surface area contributed by atoms with Gasteiger partial charge in [0.05, 0.1) is 6.07 Å². The number of amides is 2. The number of benzene rings is 1. The second-order valence-corrected chi connectivity index (χ2v) is 7.30. The first kappa shape index (κ1) is 16.7. The standard InChI is InChI=1S/C18H17N5O2S/c19-7-10-23-15-4-2-1-3-13(15)18(11-16(23)24)5-8-22(9-6-18)17(25)14-12-26-21-20-14/h1-4,12H,5-6,8-11H2. The van der Waals surface area contributed by atoms with Gasteiger partial charge < -0.3 is 4.90 Å². The molecular formula is C18H17N5O2S. The van der Waals surface area contributed by atoms with Crippen LogP contribution < -0.4 is 4.90 Å². The molecule has 2 amide bonds. The minimum atomic E-state index is -0.267. The first-order chi connectivity index (χ1) is 12.6. The van der Waals surface area contributed by atoms with Crippen LogP contribution in [0, 0.1) is 11.3 Å². The minimum absolute atomic E-state index is 0.0197. The molecule has 2 aromatic rings. The van der Waals surface area contributed by atoms with Crippen LogP contribution in [0.2, 0.25) is 0 Å². The molecule has 1 spiro atoms. The Kier molecular flexibility index (Phi) is 4.17. The van der Waals surface area contributed by atoms with Crippen molar-refractivity contribution in [3.05, 3.63) is 40.9 Å². The molecule has 0 atom stereocenters. The molecule has 132 valence electrons. The predicted molar refractivity (Wildman–Crippen MR) is 95.7 cm³/mol. The van der Waals surface area contributed by atoms with E-state index < -0.39 is 0 Å². The number of carbonyl (C=O) groups excluding carboxylic acids is 2. The molecule has 1 aromatic carbocycles. The van der Waals surface area contributed by atoms with E-state index >= 15 is 0 Å². The Bertz CT molecular complexity index is 881. The smallest absolute Gasteiger partial charge is 0.275 e. The van der Waals surface area contributed by atoms with Crippen LogP contribution in [0.25, 0.3) is 0 Å². The van der Waals surface area contributed by atoms with Crippen LogP contribution >= 0.6 is 11.5 Å². The van der Waals surface area contributed by atoms with Crippen LogP contribution in [0.5, 0.6) is 0 Å². The molecule has 1 fully saturated rings. The predicted octanol–water partition coefficient (Wildman–Crippen LogP) is 1.97. The Labute approximate surface area is 155 Å². The van der Waals surface area contributed by atoms with Crippen molar-refractivity contribution >= 4 is 29.0 Å². The molecule has 0 bridgehead atoms. The van der Waals surface area contributed by atoms with E-state index in [0.717, 1.165) is 35.6 Å². The van der Waals surface area contributed by atoms with Crippen LogP contribution in [0.1, 0.15) is 35.3 Å². The minimum Gasteiger partial charge on any atom is -0.337 e. The fourth-order valence-corrected chi connectivity index (χ4v) is 4.45. The maximum absolute atomic E-state index is 12.7. The summed E-state index contributed by atoms with van der Waals surface area (Å²) >= 11 is 1.16. The highest BCUT2D eigenvalue weighted by Crippen LogP contribution is 2.46. The Hall–Kier alpha value is -2.79. The van der Waals surface area contributed by atoms with E-state index in [1.165, 1.54) is 0 Å². The highest BCUT2D eigenvalue weighted by atomic mass is 32.1. The van der Waals surface area contributed by atoms with E-state index in [-0.39, 0.29) is 23.8 Å². The molecule has 4 rings (SSSR count). The number of fused-ring (bicyclic) bond motifs is 2. The second-order valence-electron chi connectivity index (χ2n) is 6.69. The van der Waals surface area contributed by atoms with E-state index in [2.05, 4.69) is 15.7 Å². The zero-order valence-corrected chi connectivity index (χ0v) is 14.9. The zero-order valence-electron chi connectivity index (χ0n) is 14.1. The van der Waals surface area contributed by atoms with Gasteiger partial charge in [-0.15, -0.1) is 5.10 Å². The summed E-state index contributed by atoms with van der Waals surface area (Å²) in [6.07, 6.45) is 1.82. The molecule has 3 heterocycles. The summed E-state index contributed by atoms with van der Waals surface area (Å²) in [5.41, 5.74) is 2.05. The number of likely N-dealkylation sites (tertiary alicyclic amines) is 1. The third-order valence-electron chi connectivity index (χ3n) is 5.37. The number of piperidine rings is 1. The fourth-order valence-electron chi connectivity index (χ4n) is 4.02. The highest BCUT2D eigenvalue weighted by molar-refractivity contribution is 7.03. The van der Waals surface area contributed by atoms with Crippen molar-refractivity contribution in [2.75, 3.05) is 24.5 Å². The fraction of sp³-hybridized carbons (Fsp3) is 0.389. The van der Waals surface area contributed by atoms with E-state index in [4.69, 9.17) is 5.26 Å². The average molecular weight is 367 g/mol. The van der Waals surface area contributed by atoms with Crippen LogP contribution in [0.4, 0.5) is 5.69 Å². The first-order valence-corrected chi connectivity index (χ1v) is 9.31. The number of nitrogens with zero attached hydrogens (tertiary/aromatic N) is 5. The van der Waals surface area contributed by atoms with Gasteiger partial charge in [-0.25, -0.2) is 0 Å². The molecule has 0 N–H and O–H groups in total. The van der Waals surface area contributed by atoms with Gasteiger partial charge in [-0.2, -0.15) is 5.26 Å². The van der Waals surface area contributed by atoms with Crippen molar-refractivity contribution < 1.29 is 9.59 Å². The van der Waals surface area contributed by atoms with Gasteiger partial charge in [0.1, 0.15) is 6.54 Å². The van der Waals surface area contributed by atoms with Gasteiger partial charge in [0.2, 0.25) is 5.91 Å². The van der Waals surface area contributed by atoms with Crippen LogP contribution in [0.15, 0.2) is 29.6 Å². The van der Waals surface area contributed by atoms with Gasteiger partial charge in [-0.05, 0) is 36.0 Å². The summed E-state index contributed by atoms with van der Waals surface area (Å²) in [4.78, 5) is 28.6. The van der Waals surface area contributed by atoms with Gasteiger partial charge in [-0.1, -0.05) is 22.7 Å². The van der Waals surface area contributed by atoms with Gasteiger partial charge in [0, 0.05) is 36.0 Å². The molecule has 0 aliphatic carbocycles. The topological polar surface area (TPSA) is 90.2 Å². The third-order valence-corrected chi connectivity index (χ3v) is 5.88. The molecule has 0 radical (unpaired) electrons. The number of nitriles is 1. The molecule has 26 heavy (non-hydrogen) atoms. The van der Waals surface area contributed by atoms with Gasteiger partial charge in [0.15, 0.2) is 5.69 Å². The van der Waals surface area contributed by atoms with Crippen LogP contribution in [0.3, 0.4) is 0 Å². The molecule has 0 saturated carbocycles. The SMILES string of the molecule is N#CCN1C(=O)CC2(CCN(C(=O)c3csnn3)CC2)c2ccccc21. The Morgan fingerprint density at radius 2 is 2.08 bits per heavy atom. The summed E-state index contributed by atoms with van der Waals surface area (Å²) < 4.78 is 3.75. The van der Waals surface area contributed by atoms with E-state index in [1.54, 1.807) is 15.2 Å². The van der Waals surface area contributed by atoms with E-state index in [9.17, 15) is 9.59 Å². The largest absolute Gasteiger partial charge is 0.337 e. The number of hydrogen-bond acceptors (Lipinski definition) is 6. The average Bonchev–Trinajstić information content (AvgIpc) is 3.20. The van der Waals surface area contributed by atoms with Crippen LogP contribution in [-0.2, 0) is 10.2 Å². The quantitative estimate of drug-likeness (QED) is 0.757. The molecular weight excluding hydrogens is 350 g/mol. The number of para-hydroxylation sites is 1. The number of aromatic nitrogens is 2. The van der Waals surface area contributed by atoms with Gasteiger partial charge >= 0.3 is 0 Å². The lowest BCUT2D eigenvalue weighted by atomic mass is 9.67. The van der Waals surface area contributed by atoms with E-state index in [0.29, 0.717) is 25.2 Å². The second kappa shape index (κ2) is 6.50. The molecule has 7 nitrogen and oxygen atoms in total. The van der Waals surface area contributed by atoms with Gasteiger partial charge in [0.25, 0.3) is 5.91 Å². The van der Waals surface area contributed by atoms with Crippen molar-refractivity contribution in [2.24, 2.45) is 0 Å². The Morgan fingerprint density at radius 3 is 2.77 bits per heavy atom. The van der Waals surface area contributed by atoms with Crippen LogP contribution in [-0.4, -0.2) is 45.9 Å². The molecule has 2 aliphatic heterocycles. The Morgan fingerprint density at radius 1 is 1.31 bits per heavy atom. The van der Waals surface area contributed by atoms with Gasteiger partial charge in [-0.3, -0.25) is 14.5 Å². The lowest BCUT2D eigenvalue weighted by Crippen LogP contribution is -2.51. The maximum Gasteiger partial charge on any atom is 0.275 e. The summed E-state index contributed by atoms with van der Waals surface area (Å²) in [5, 5.41) is 14.6. The zero-order chi connectivity index (χ0) is 18.1. The number of anilines is 1. The lowest BCUT2D eigenvalue weighted by molar-refractivity contribution is -0.120. The molecule has 0 unspecified atom stereocenters. The highest BCUT2D eigenvalue weighted by Gasteiger charge is 2.45. The number of rotatable bonds is 2. The summed E-state index contributed by atoms with van der Waals surface area (Å²) in [6.45, 7) is 1.22. The number of hydrogen-bond donors (Lipinski definition) is 0. The van der Waals surface area contributed by atoms with Crippen molar-refractivity contribution in [1.29, 1.82) is 5.26 Å². The lowest BCUT2D eigenvalue weighted by Gasteiger charge is -2.46. The summed E-state index contributed by atoms with van der Waals surface area (Å²) in [6, 6.07) is 9.90. The summed E-state index contributed by atoms with van der Waals surface area (Å²) in [5.74, 6) is -0.121.